The van der Waals surface area contributed by atoms with Gasteiger partial charge in [0.15, 0.2) is 0 Å². The van der Waals surface area contributed by atoms with E-state index in [2.05, 4.69) is 4.90 Å². The number of ether oxygens (including phenoxy) is 1. The van der Waals surface area contributed by atoms with E-state index in [1.807, 2.05) is 31.3 Å². The number of para-hydroxylation sites is 1. The predicted octanol–water partition coefficient (Wildman–Crippen LogP) is 2.53. The molecule has 0 aliphatic carbocycles. The molecule has 1 fully saturated rings. The SMILES string of the molecule is COc1ccccc1CN(C)C(=O)CN1CCCCCC1. The molecule has 4 heteroatoms. The van der Waals surface area contributed by atoms with Crippen molar-refractivity contribution in [2.75, 3.05) is 33.8 Å². The van der Waals surface area contributed by atoms with Gasteiger partial charge in [-0.3, -0.25) is 9.69 Å². The average Bonchev–Trinajstić information content (AvgIpc) is 2.76. The first-order valence-electron chi connectivity index (χ1n) is 7.79. The molecule has 0 unspecified atom stereocenters. The zero-order valence-corrected chi connectivity index (χ0v) is 13.2. The lowest BCUT2D eigenvalue weighted by Crippen LogP contribution is -2.38. The number of carbonyl (C=O) groups is 1. The predicted molar refractivity (Wildman–Crippen MR) is 84.4 cm³/mol. The Morgan fingerprint density at radius 1 is 1.19 bits per heavy atom. The van der Waals surface area contributed by atoms with Gasteiger partial charge in [-0.15, -0.1) is 0 Å². The summed E-state index contributed by atoms with van der Waals surface area (Å²) in [5.74, 6) is 1.02. The second-order valence-corrected chi connectivity index (χ2v) is 5.75. The molecular weight excluding hydrogens is 264 g/mol. The number of hydrogen-bond donors (Lipinski definition) is 0. The quantitative estimate of drug-likeness (QED) is 0.835. The van der Waals surface area contributed by atoms with E-state index in [0.29, 0.717) is 13.1 Å². The highest BCUT2D eigenvalue weighted by Gasteiger charge is 2.17. The molecular formula is C17H26N2O2. The van der Waals surface area contributed by atoms with Crippen LogP contribution in [0.3, 0.4) is 0 Å². The maximum atomic E-state index is 12.4. The van der Waals surface area contributed by atoms with Gasteiger partial charge in [0, 0.05) is 19.2 Å². The van der Waals surface area contributed by atoms with Gasteiger partial charge < -0.3 is 9.64 Å². The Bertz CT molecular complexity index is 454. The number of hydrogen-bond acceptors (Lipinski definition) is 3. The third-order valence-electron chi connectivity index (χ3n) is 4.08. The fraction of sp³-hybridized carbons (Fsp3) is 0.588. The maximum absolute atomic E-state index is 12.4. The van der Waals surface area contributed by atoms with E-state index in [0.717, 1.165) is 24.4 Å². The van der Waals surface area contributed by atoms with Crippen LogP contribution in [-0.2, 0) is 11.3 Å². The molecule has 0 aromatic heterocycles. The molecule has 1 aromatic rings. The van der Waals surface area contributed by atoms with Crippen molar-refractivity contribution in [1.29, 1.82) is 0 Å². The molecule has 1 amide bonds. The maximum Gasteiger partial charge on any atom is 0.236 e. The minimum Gasteiger partial charge on any atom is -0.496 e. The molecule has 0 saturated carbocycles. The van der Waals surface area contributed by atoms with Crippen molar-refractivity contribution in [2.24, 2.45) is 0 Å². The summed E-state index contributed by atoms with van der Waals surface area (Å²) >= 11 is 0. The molecule has 0 atom stereocenters. The monoisotopic (exact) mass is 290 g/mol. The Labute approximate surface area is 127 Å². The molecule has 21 heavy (non-hydrogen) atoms. The van der Waals surface area contributed by atoms with Gasteiger partial charge in [0.2, 0.25) is 5.91 Å². The Morgan fingerprint density at radius 2 is 1.86 bits per heavy atom. The molecule has 4 nitrogen and oxygen atoms in total. The number of nitrogens with zero attached hydrogens (tertiary/aromatic N) is 2. The molecule has 1 heterocycles. The number of benzene rings is 1. The van der Waals surface area contributed by atoms with Crippen LogP contribution in [0.4, 0.5) is 0 Å². The largest absolute Gasteiger partial charge is 0.496 e. The van der Waals surface area contributed by atoms with E-state index in [4.69, 9.17) is 4.74 Å². The van der Waals surface area contributed by atoms with Crippen molar-refractivity contribution in [3.8, 4) is 5.75 Å². The number of methoxy groups -OCH3 is 1. The van der Waals surface area contributed by atoms with Crippen molar-refractivity contribution in [2.45, 2.75) is 32.2 Å². The topological polar surface area (TPSA) is 32.8 Å². The first-order chi connectivity index (χ1) is 10.2. The van der Waals surface area contributed by atoms with Crippen molar-refractivity contribution in [3.63, 3.8) is 0 Å². The summed E-state index contributed by atoms with van der Waals surface area (Å²) in [5.41, 5.74) is 1.05. The zero-order valence-electron chi connectivity index (χ0n) is 13.2. The molecule has 2 rings (SSSR count). The number of rotatable bonds is 5. The van der Waals surface area contributed by atoms with Gasteiger partial charge in [-0.25, -0.2) is 0 Å². The Balaban J connectivity index is 1.89. The smallest absolute Gasteiger partial charge is 0.236 e. The molecule has 1 aliphatic heterocycles. The summed E-state index contributed by atoms with van der Waals surface area (Å²) in [4.78, 5) is 16.5. The molecule has 1 saturated heterocycles. The Hall–Kier alpha value is -1.55. The first kappa shape index (κ1) is 15.8. The van der Waals surface area contributed by atoms with Crippen LogP contribution in [0.5, 0.6) is 5.75 Å². The van der Waals surface area contributed by atoms with E-state index in [1.165, 1.54) is 25.7 Å². The van der Waals surface area contributed by atoms with Crippen LogP contribution < -0.4 is 4.74 Å². The Morgan fingerprint density at radius 3 is 2.52 bits per heavy atom. The average molecular weight is 290 g/mol. The van der Waals surface area contributed by atoms with Crippen LogP contribution in [0.2, 0.25) is 0 Å². The minimum absolute atomic E-state index is 0.183. The lowest BCUT2D eigenvalue weighted by Gasteiger charge is -2.24. The van der Waals surface area contributed by atoms with Crippen molar-refractivity contribution in [1.82, 2.24) is 9.80 Å². The second-order valence-electron chi connectivity index (χ2n) is 5.75. The van der Waals surface area contributed by atoms with Crippen LogP contribution >= 0.6 is 0 Å². The van der Waals surface area contributed by atoms with Crippen molar-refractivity contribution < 1.29 is 9.53 Å². The molecule has 0 N–H and O–H groups in total. The first-order valence-corrected chi connectivity index (χ1v) is 7.79. The summed E-state index contributed by atoms with van der Waals surface area (Å²) in [5, 5.41) is 0. The van der Waals surface area contributed by atoms with E-state index in [-0.39, 0.29) is 5.91 Å². The summed E-state index contributed by atoms with van der Waals surface area (Å²) in [6, 6.07) is 7.86. The van der Waals surface area contributed by atoms with Crippen LogP contribution in [0.15, 0.2) is 24.3 Å². The van der Waals surface area contributed by atoms with Crippen molar-refractivity contribution >= 4 is 5.91 Å². The van der Waals surface area contributed by atoms with Gasteiger partial charge in [-0.2, -0.15) is 0 Å². The van der Waals surface area contributed by atoms with Gasteiger partial charge in [0.1, 0.15) is 5.75 Å². The van der Waals surface area contributed by atoms with E-state index in [1.54, 1.807) is 12.0 Å². The number of carbonyl (C=O) groups excluding carboxylic acids is 1. The van der Waals surface area contributed by atoms with Gasteiger partial charge in [-0.1, -0.05) is 31.0 Å². The molecule has 0 spiro atoms. The Kier molecular flexibility index (Phi) is 6.05. The highest BCUT2D eigenvalue weighted by Crippen LogP contribution is 2.19. The standard InChI is InChI=1S/C17H26N2O2/c1-18(13-15-9-5-6-10-16(15)21-2)17(20)14-19-11-7-3-4-8-12-19/h5-6,9-10H,3-4,7-8,11-14H2,1-2H3. The molecule has 0 bridgehead atoms. The van der Waals surface area contributed by atoms with Crippen LogP contribution in [0, 0.1) is 0 Å². The fourth-order valence-corrected chi connectivity index (χ4v) is 2.78. The lowest BCUT2D eigenvalue weighted by molar-refractivity contribution is -0.131. The molecule has 1 aromatic carbocycles. The lowest BCUT2D eigenvalue weighted by atomic mass is 10.2. The number of likely N-dealkylation sites (N-methyl/N-ethyl adjacent to an activating group) is 1. The molecule has 0 radical (unpaired) electrons. The number of amides is 1. The van der Waals surface area contributed by atoms with Gasteiger partial charge in [0.25, 0.3) is 0 Å². The normalized spacial score (nSPS) is 16.3. The van der Waals surface area contributed by atoms with Crippen molar-refractivity contribution in [3.05, 3.63) is 29.8 Å². The molecule has 1 aliphatic rings. The van der Waals surface area contributed by atoms with E-state index < -0.39 is 0 Å². The third kappa shape index (κ3) is 4.74. The van der Waals surface area contributed by atoms with Gasteiger partial charge in [-0.05, 0) is 32.0 Å². The summed E-state index contributed by atoms with van der Waals surface area (Å²) in [6.45, 7) is 3.23. The van der Waals surface area contributed by atoms with Crippen LogP contribution in [0.25, 0.3) is 0 Å². The highest BCUT2D eigenvalue weighted by atomic mass is 16.5. The van der Waals surface area contributed by atoms with Crippen LogP contribution in [0.1, 0.15) is 31.2 Å². The number of likely N-dealkylation sites (tertiary alicyclic amines) is 1. The summed E-state index contributed by atoms with van der Waals surface area (Å²) < 4.78 is 5.34. The van der Waals surface area contributed by atoms with E-state index in [9.17, 15) is 4.79 Å². The molecule has 116 valence electrons. The summed E-state index contributed by atoms with van der Waals surface area (Å²) in [6.07, 6.45) is 5.01. The van der Waals surface area contributed by atoms with E-state index >= 15 is 0 Å². The van der Waals surface area contributed by atoms with Gasteiger partial charge >= 0.3 is 0 Å². The third-order valence-corrected chi connectivity index (χ3v) is 4.08. The zero-order chi connectivity index (χ0) is 15.1. The van der Waals surface area contributed by atoms with Crippen LogP contribution in [-0.4, -0.2) is 49.5 Å². The minimum atomic E-state index is 0.183. The second kappa shape index (κ2) is 8.03. The van der Waals surface area contributed by atoms with Gasteiger partial charge in [0.05, 0.1) is 13.7 Å². The fourth-order valence-electron chi connectivity index (χ4n) is 2.78. The highest BCUT2D eigenvalue weighted by molar-refractivity contribution is 5.78. The summed E-state index contributed by atoms with van der Waals surface area (Å²) in [7, 11) is 3.53.